The Morgan fingerprint density at radius 1 is 1.11 bits per heavy atom. The van der Waals surface area contributed by atoms with Crippen LogP contribution in [0.15, 0.2) is 49.9 Å². The first-order valence-corrected chi connectivity index (χ1v) is 6.24. The molecule has 90 valence electrons. The van der Waals surface area contributed by atoms with Crippen LogP contribution in [0, 0.1) is 6.92 Å². The molecular weight excluding hydrogens is 296 g/mol. The lowest BCUT2D eigenvalue weighted by Gasteiger charge is -1.93. The topological polar surface area (TPSA) is 43.4 Å². The van der Waals surface area contributed by atoms with Crippen LogP contribution in [-0.4, -0.2) is 5.78 Å². The Labute approximate surface area is 112 Å². The molecule has 0 fully saturated rings. The number of carbonyl (C=O) groups excluding carboxylic acids is 1. The molecule has 18 heavy (non-hydrogen) atoms. The standard InChI is InChI=1S/C14H9BrO3/c1-8-9-4-2-3-5-10(9)18-14(8)13(16)11-6-7-12(15)17-11/h2-7H,1H3. The molecule has 2 heterocycles. The van der Waals surface area contributed by atoms with Crippen molar-refractivity contribution in [3.63, 3.8) is 0 Å². The fourth-order valence-electron chi connectivity index (χ4n) is 1.94. The first-order valence-electron chi connectivity index (χ1n) is 5.45. The van der Waals surface area contributed by atoms with Crippen LogP contribution in [0.25, 0.3) is 11.0 Å². The van der Waals surface area contributed by atoms with E-state index >= 15 is 0 Å². The molecule has 1 aromatic carbocycles. The highest BCUT2D eigenvalue weighted by Gasteiger charge is 2.21. The lowest BCUT2D eigenvalue weighted by atomic mass is 10.1. The SMILES string of the molecule is Cc1c(C(=O)c2ccc(Br)o2)oc2ccccc12. The van der Waals surface area contributed by atoms with Crippen LogP contribution in [0.2, 0.25) is 0 Å². The highest BCUT2D eigenvalue weighted by atomic mass is 79.9. The van der Waals surface area contributed by atoms with Gasteiger partial charge in [-0.3, -0.25) is 4.79 Å². The summed E-state index contributed by atoms with van der Waals surface area (Å²) in [7, 11) is 0. The monoisotopic (exact) mass is 304 g/mol. The summed E-state index contributed by atoms with van der Waals surface area (Å²) in [5.41, 5.74) is 1.55. The van der Waals surface area contributed by atoms with Crippen LogP contribution in [0.4, 0.5) is 0 Å². The van der Waals surface area contributed by atoms with E-state index in [1.165, 1.54) is 0 Å². The zero-order valence-electron chi connectivity index (χ0n) is 9.57. The number of rotatable bonds is 2. The van der Waals surface area contributed by atoms with Crippen molar-refractivity contribution >= 4 is 32.7 Å². The van der Waals surface area contributed by atoms with E-state index in [4.69, 9.17) is 8.83 Å². The molecule has 3 aromatic rings. The third-order valence-electron chi connectivity index (χ3n) is 2.85. The summed E-state index contributed by atoms with van der Waals surface area (Å²) in [5.74, 6) is 0.358. The maximum atomic E-state index is 12.2. The van der Waals surface area contributed by atoms with Gasteiger partial charge in [-0.1, -0.05) is 18.2 Å². The molecule has 0 aliphatic rings. The molecule has 0 bridgehead atoms. The van der Waals surface area contributed by atoms with Crippen LogP contribution >= 0.6 is 15.9 Å². The number of benzene rings is 1. The van der Waals surface area contributed by atoms with E-state index in [1.807, 2.05) is 31.2 Å². The third kappa shape index (κ3) is 1.69. The summed E-state index contributed by atoms with van der Waals surface area (Å²) in [6, 6.07) is 10.9. The first-order chi connectivity index (χ1) is 8.66. The molecule has 4 heteroatoms. The molecular formula is C14H9BrO3. The van der Waals surface area contributed by atoms with E-state index in [-0.39, 0.29) is 11.5 Å². The average Bonchev–Trinajstić information content (AvgIpc) is 2.94. The summed E-state index contributed by atoms with van der Waals surface area (Å²) in [5, 5.41) is 0.950. The molecule has 0 saturated heterocycles. The maximum Gasteiger partial charge on any atom is 0.263 e. The normalized spacial score (nSPS) is 11.0. The molecule has 0 radical (unpaired) electrons. The minimum Gasteiger partial charge on any atom is -0.452 e. The number of para-hydroxylation sites is 1. The Morgan fingerprint density at radius 2 is 1.89 bits per heavy atom. The molecule has 3 nitrogen and oxygen atoms in total. The molecule has 0 spiro atoms. The number of fused-ring (bicyclic) bond motifs is 1. The van der Waals surface area contributed by atoms with Crippen molar-refractivity contribution < 1.29 is 13.6 Å². The van der Waals surface area contributed by atoms with Gasteiger partial charge in [0.25, 0.3) is 5.78 Å². The summed E-state index contributed by atoms with van der Waals surface area (Å²) < 4.78 is 11.4. The van der Waals surface area contributed by atoms with Crippen molar-refractivity contribution in [1.29, 1.82) is 0 Å². The summed E-state index contributed by atoms with van der Waals surface area (Å²) in [6.45, 7) is 1.87. The Kier molecular flexibility index (Phi) is 2.59. The molecule has 3 rings (SSSR count). The van der Waals surface area contributed by atoms with Crippen molar-refractivity contribution in [3.05, 3.63) is 58.2 Å². The lowest BCUT2D eigenvalue weighted by molar-refractivity contribution is 0.0983. The molecule has 0 amide bonds. The number of carbonyl (C=O) groups is 1. The number of ketones is 1. The predicted molar refractivity (Wildman–Crippen MR) is 70.8 cm³/mol. The van der Waals surface area contributed by atoms with Gasteiger partial charge in [0.2, 0.25) is 0 Å². The summed E-state index contributed by atoms with van der Waals surface area (Å²) in [4.78, 5) is 12.2. The summed E-state index contributed by atoms with van der Waals surface area (Å²) in [6.07, 6.45) is 0. The highest BCUT2D eigenvalue weighted by molar-refractivity contribution is 9.10. The molecule has 0 saturated carbocycles. The van der Waals surface area contributed by atoms with Gasteiger partial charge in [-0.25, -0.2) is 0 Å². The van der Waals surface area contributed by atoms with E-state index in [2.05, 4.69) is 15.9 Å². The highest BCUT2D eigenvalue weighted by Crippen LogP contribution is 2.27. The van der Waals surface area contributed by atoms with Gasteiger partial charge in [0.1, 0.15) is 5.58 Å². The van der Waals surface area contributed by atoms with Crippen LogP contribution < -0.4 is 0 Å². The minimum atomic E-state index is -0.241. The quantitative estimate of drug-likeness (QED) is 0.662. The number of hydrogen-bond acceptors (Lipinski definition) is 3. The zero-order valence-corrected chi connectivity index (χ0v) is 11.2. The zero-order chi connectivity index (χ0) is 12.7. The Balaban J connectivity index is 2.14. The fraction of sp³-hybridized carbons (Fsp3) is 0.0714. The molecule has 0 unspecified atom stereocenters. The van der Waals surface area contributed by atoms with E-state index in [9.17, 15) is 4.79 Å². The third-order valence-corrected chi connectivity index (χ3v) is 3.27. The maximum absolute atomic E-state index is 12.2. The van der Waals surface area contributed by atoms with Gasteiger partial charge in [0, 0.05) is 10.9 Å². The second-order valence-corrected chi connectivity index (χ2v) is 4.77. The van der Waals surface area contributed by atoms with Gasteiger partial charge < -0.3 is 8.83 Å². The second-order valence-electron chi connectivity index (χ2n) is 3.99. The Bertz CT molecular complexity index is 736. The Morgan fingerprint density at radius 3 is 2.56 bits per heavy atom. The smallest absolute Gasteiger partial charge is 0.263 e. The van der Waals surface area contributed by atoms with Crippen molar-refractivity contribution in [2.75, 3.05) is 0 Å². The van der Waals surface area contributed by atoms with Gasteiger partial charge in [-0.05, 0) is 41.1 Å². The molecule has 0 aliphatic carbocycles. The van der Waals surface area contributed by atoms with E-state index in [0.29, 0.717) is 16.0 Å². The minimum absolute atomic E-state index is 0.241. The van der Waals surface area contributed by atoms with E-state index < -0.39 is 0 Å². The van der Waals surface area contributed by atoms with Crippen LogP contribution in [0.3, 0.4) is 0 Å². The predicted octanol–water partition coefficient (Wildman–Crippen LogP) is 4.33. The summed E-state index contributed by atoms with van der Waals surface area (Å²) >= 11 is 3.18. The first kappa shape index (κ1) is 11.3. The second kappa shape index (κ2) is 4.14. The fourth-order valence-corrected chi connectivity index (χ4v) is 2.25. The van der Waals surface area contributed by atoms with E-state index in [1.54, 1.807) is 12.1 Å². The number of halogens is 1. The van der Waals surface area contributed by atoms with Gasteiger partial charge in [0.15, 0.2) is 16.2 Å². The Hall–Kier alpha value is -1.81. The van der Waals surface area contributed by atoms with Gasteiger partial charge in [-0.2, -0.15) is 0 Å². The number of hydrogen-bond donors (Lipinski definition) is 0. The van der Waals surface area contributed by atoms with E-state index in [0.717, 1.165) is 10.9 Å². The number of aryl methyl sites for hydroxylation is 1. The average molecular weight is 305 g/mol. The van der Waals surface area contributed by atoms with Gasteiger partial charge >= 0.3 is 0 Å². The lowest BCUT2D eigenvalue weighted by Crippen LogP contribution is -1.99. The van der Waals surface area contributed by atoms with Crippen LogP contribution in [-0.2, 0) is 0 Å². The molecule has 2 aromatic heterocycles. The largest absolute Gasteiger partial charge is 0.452 e. The van der Waals surface area contributed by atoms with Crippen molar-refractivity contribution in [2.24, 2.45) is 0 Å². The van der Waals surface area contributed by atoms with Gasteiger partial charge in [-0.15, -0.1) is 0 Å². The van der Waals surface area contributed by atoms with Gasteiger partial charge in [0.05, 0.1) is 0 Å². The molecule has 0 aliphatic heterocycles. The van der Waals surface area contributed by atoms with Crippen molar-refractivity contribution in [1.82, 2.24) is 0 Å². The van der Waals surface area contributed by atoms with Crippen molar-refractivity contribution in [2.45, 2.75) is 6.92 Å². The molecule has 0 atom stereocenters. The molecule has 0 N–H and O–H groups in total. The van der Waals surface area contributed by atoms with Crippen LogP contribution in [0.5, 0.6) is 0 Å². The van der Waals surface area contributed by atoms with Crippen LogP contribution in [0.1, 0.15) is 21.9 Å². The van der Waals surface area contributed by atoms with Crippen molar-refractivity contribution in [3.8, 4) is 0 Å². The number of furan rings is 2.